The molecule has 2 aromatic rings. The first-order valence-corrected chi connectivity index (χ1v) is 11.4. The van der Waals surface area contributed by atoms with Crippen molar-refractivity contribution in [3.05, 3.63) is 26.6 Å². The van der Waals surface area contributed by atoms with E-state index in [1.807, 2.05) is 11.2 Å². The zero-order valence-electron chi connectivity index (χ0n) is 15.0. The lowest BCUT2D eigenvalue weighted by Gasteiger charge is -2.34. The highest BCUT2D eigenvalue weighted by Crippen LogP contribution is 2.33. The first-order valence-electron chi connectivity index (χ1n) is 9.18. The van der Waals surface area contributed by atoms with Crippen LogP contribution in [0, 0.1) is 0 Å². The van der Waals surface area contributed by atoms with Crippen LogP contribution in [0.5, 0.6) is 0 Å². The molecule has 6 nitrogen and oxygen atoms in total. The summed E-state index contributed by atoms with van der Waals surface area (Å²) in [5, 5.41) is 0.820. The Hall–Kier alpha value is -1.38. The average Bonchev–Trinajstić information content (AvgIpc) is 3.01. The highest BCUT2D eigenvalue weighted by molar-refractivity contribution is 7.99. The first-order chi connectivity index (χ1) is 12.7. The van der Waals surface area contributed by atoms with Crippen LogP contribution in [0.1, 0.15) is 29.1 Å². The molecule has 140 valence electrons. The van der Waals surface area contributed by atoms with Gasteiger partial charge in [-0.25, -0.2) is 4.98 Å². The van der Waals surface area contributed by atoms with E-state index < -0.39 is 0 Å². The van der Waals surface area contributed by atoms with Gasteiger partial charge < -0.3 is 9.88 Å². The van der Waals surface area contributed by atoms with Gasteiger partial charge in [-0.05, 0) is 37.5 Å². The molecular weight excluding hydrogens is 368 g/mol. The van der Waals surface area contributed by atoms with Gasteiger partial charge in [0, 0.05) is 31.1 Å². The summed E-state index contributed by atoms with van der Waals surface area (Å²) >= 11 is 3.26. The third-order valence-electron chi connectivity index (χ3n) is 5.24. The van der Waals surface area contributed by atoms with Gasteiger partial charge in [0.15, 0.2) is 0 Å². The number of fused-ring (bicyclic) bond motifs is 3. The quantitative estimate of drug-likeness (QED) is 0.860. The fourth-order valence-electron chi connectivity index (χ4n) is 3.87. The predicted molar refractivity (Wildman–Crippen MR) is 107 cm³/mol. The number of amides is 1. The zero-order chi connectivity index (χ0) is 18.1. The Bertz CT molecular complexity index is 868. The number of thioether (sulfide) groups is 1. The number of aryl methyl sites for hydroxylation is 2. The van der Waals surface area contributed by atoms with E-state index in [4.69, 9.17) is 4.98 Å². The second-order valence-corrected chi connectivity index (χ2v) is 8.94. The maximum absolute atomic E-state index is 12.6. The topological polar surface area (TPSA) is 69.3 Å². The van der Waals surface area contributed by atoms with Crippen LogP contribution in [0.15, 0.2) is 4.79 Å². The van der Waals surface area contributed by atoms with Crippen LogP contribution in [0.25, 0.3) is 10.2 Å². The minimum Gasteiger partial charge on any atom is -0.339 e. The van der Waals surface area contributed by atoms with Crippen molar-refractivity contribution in [1.82, 2.24) is 19.8 Å². The van der Waals surface area contributed by atoms with Crippen molar-refractivity contribution in [2.75, 3.05) is 38.2 Å². The Morgan fingerprint density at radius 2 is 2.00 bits per heavy atom. The van der Waals surface area contributed by atoms with Gasteiger partial charge in [0.2, 0.25) is 5.91 Å². The fraction of sp³-hybridized carbons (Fsp3) is 0.611. The third kappa shape index (κ3) is 3.54. The predicted octanol–water partition coefficient (Wildman–Crippen LogP) is 1.87. The maximum atomic E-state index is 12.6. The number of thiophene rings is 1. The van der Waals surface area contributed by atoms with Crippen LogP contribution in [0.4, 0.5) is 0 Å². The van der Waals surface area contributed by atoms with Gasteiger partial charge in [-0.15, -0.1) is 11.3 Å². The van der Waals surface area contributed by atoms with E-state index in [2.05, 4.69) is 9.88 Å². The summed E-state index contributed by atoms with van der Waals surface area (Å²) in [7, 11) is 0. The van der Waals surface area contributed by atoms with Crippen LogP contribution >= 0.6 is 23.1 Å². The molecule has 0 saturated carbocycles. The van der Waals surface area contributed by atoms with Crippen LogP contribution in [-0.2, 0) is 24.2 Å². The SMILES string of the molecule is CSCC(=O)N1CCN(Cc2nc3sc4c(c3c(=O)[nH]2)CCCC4)CC1. The summed E-state index contributed by atoms with van der Waals surface area (Å²) in [6, 6.07) is 0. The van der Waals surface area contributed by atoms with E-state index in [1.165, 1.54) is 23.3 Å². The Morgan fingerprint density at radius 3 is 2.77 bits per heavy atom. The molecule has 1 aliphatic carbocycles. The summed E-state index contributed by atoms with van der Waals surface area (Å²) in [5.74, 6) is 1.51. The van der Waals surface area contributed by atoms with E-state index >= 15 is 0 Å². The molecule has 8 heteroatoms. The van der Waals surface area contributed by atoms with Crippen LogP contribution < -0.4 is 5.56 Å². The standard InChI is InChI=1S/C18H24N4O2S2/c1-25-11-15(23)22-8-6-21(7-9-22)10-14-19-17(24)16-12-4-2-3-5-13(12)26-18(16)20-14/h2-11H2,1H3,(H,19,20,24). The summed E-state index contributed by atoms with van der Waals surface area (Å²) in [5.41, 5.74) is 1.25. The third-order valence-corrected chi connectivity index (χ3v) is 6.96. The monoisotopic (exact) mass is 392 g/mol. The van der Waals surface area contributed by atoms with Crippen LogP contribution in [0.2, 0.25) is 0 Å². The largest absolute Gasteiger partial charge is 0.339 e. The molecule has 1 aliphatic heterocycles. The summed E-state index contributed by atoms with van der Waals surface area (Å²) in [4.78, 5) is 38.8. The Morgan fingerprint density at radius 1 is 1.23 bits per heavy atom. The molecule has 0 unspecified atom stereocenters. The molecule has 26 heavy (non-hydrogen) atoms. The van der Waals surface area contributed by atoms with Gasteiger partial charge in [-0.1, -0.05) is 0 Å². The molecule has 0 radical (unpaired) electrons. The number of piperazine rings is 1. The molecular formula is C18H24N4O2S2. The van der Waals surface area contributed by atoms with E-state index in [0.29, 0.717) is 12.3 Å². The number of rotatable bonds is 4. The zero-order valence-corrected chi connectivity index (χ0v) is 16.7. The molecule has 1 N–H and O–H groups in total. The van der Waals surface area contributed by atoms with E-state index in [-0.39, 0.29) is 11.5 Å². The lowest BCUT2D eigenvalue weighted by Crippen LogP contribution is -2.49. The fourth-order valence-corrected chi connectivity index (χ4v) is 5.58. The molecule has 2 aromatic heterocycles. The lowest BCUT2D eigenvalue weighted by molar-refractivity contribution is -0.130. The summed E-state index contributed by atoms with van der Waals surface area (Å²) < 4.78 is 0. The average molecular weight is 393 g/mol. The van der Waals surface area contributed by atoms with E-state index in [1.54, 1.807) is 23.1 Å². The molecule has 2 aliphatic rings. The molecule has 1 saturated heterocycles. The smallest absolute Gasteiger partial charge is 0.259 e. The highest BCUT2D eigenvalue weighted by Gasteiger charge is 2.23. The number of carbonyl (C=O) groups excluding carboxylic acids is 1. The normalized spacial score (nSPS) is 18.3. The molecule has 4 rings (SSSR count). The number of hydrogen-bond donors (Lipinski definition) is 1. The van der Waals surface area contributed by atoms with Gasteiger partial charge in [0.25, 0.3) is 5.56 Å². The lowest BCUT2D eigenvalue weighted by atomic mass is 9.97. The van der Waals surface area contributed by atoms with Gasteiger partial charge in [0.1, 0.15) is 10.7 Å². The van der Waals surface area contributed by atoms with Gasteiger partial charge in [0.05, 0.1) is 17.7 Å². The van der Waals surface area contributed by atoms with Crippen LogP contribution in [0.3, 0.4) is 0 Å². The number of nitrogens with one attached hydrogen (secondary N) is 1. The van der Waals surface area contributed by atoms with Crippen molar-refractivity contribution in [3.63, 3.8) is 0 Å². The number of carbonyl (C=O) groups is 1. The number of hydrogen-bond acceptors (Lipinski definition) is 6. The molecule has 0 spiro atoms. The van der Waals surface area contributed by atoms with Gasteiger partial charge in [-0.3, -0.25) is 14.5 Å². The van der Waals surface area contributed by atoms with Crippen molar-refractivity contribution in [2.24, 2.45) is 0 Å². The molecule has 0 atom stereocenters. The Balaban J connectivity index is 1.47. The summed E-state index contributed by atoms with van der Waals surface area (Å²) in [6.45, 7) is 3.78. The second kappa shape index (κ2) is 7.70. The molecule has 0 bridgehead atoms. The van der Waals surface area contributed by atoms with Crippen molar-refractivity contribution >= 4 is 39.2 Å². The number of aromatic nitrogens is 2. The first kappa shape index (κ1) is 18.0. The van der Waals surface area contributed by atoms with Crippen LogP contribution in [-0.4, -0.2) is 63.9 Å². The van der Waals surface area contributed by atoms with Crippen molar-refractivity contribution in [2.45, 2.75) is 32.2 Å². The molecule has 1 amide bonds. The molecule has 0 aromatic carbocycles. The molecule has 3 heterocycles. The number of nitrogens with zero attached hydrogens (tertiary/aromatic N) is 3. The maximum Gasteiger partial charge on any atom is 0.259 e. The molecule has 1 fully saturated rings. The Kier molecular flexibility index (Phi) is 5.33. The number of aromatic amines is 1. The van der Waals surface area contributed by atoms with Crippen molar-refractivity contribution < 1.29 is 4.79 Å². The van der Waals surface area contributed by atoms with Crippen molar-refractivity contribution in [1.29, 1.82) is 0 Å². The second-order valence-electron chi connectivity index (χ2n) is 6.99. The van der Waals surface area contributed by atoms with E-state index in [9.17, 15) is 9.59 Å². The number of H-pyrrole nitrogens is 1. The van der Waals surface area contributed by atoms with Crippen molar-refractivity contribution in [3.8, 4) is 0 Å². The van der Waals surface area contributed by atoms with E-state index in [0.717, 1.165) is 55.1 Å². The summed E-state index contributed by atoms with van der Waals surface area (Å²) in [6.07, 6.45) is 6.42. The Labute approximate surface area is 161 Å². The van der Waals surface area contributed by atoms with Gasteiger partial charge >= 0.3 is 0 Å². The highest BCUT2D eigenvalue weighted by atomic mass is 32.2. The minimum atomic E-state index is 0.0122. The van der Waals surface area contributed by atoms with Gasteiger partial charge in [-0.2, -0.15) is 11.8 Å². The minimum absolute atomic E-state index is 0.0122.